The molecule has 2 aliphatic heterocycles. The molecule has 0 unspecified atom stereocenters. The number of carbonyl (C=O) groups excluding carboxylic acids is 2. The standard InChI is InChI=1S/C19H24N6O3/c1-22-4-6-24(7-5-22)18(26)15-13-17(21-14-20-15)23-8-10-25(11-9-23)19(27)16-3-2-12-28-16/h2-3,12-14H,4-11H2,1H3. The first-order valence-electron chi connectivity index (χ1n) is 9.49. The minimum absolute atomic E-state index is 0.0524. The zero-order valence-corrected chi connectivity index (χ0v) is 16.0. The number of piperazine rings is 2. The van der Waals surface area contributed by atoms with Crippen LogP contribution in [0.3, 0.4) is 0 Å². The summed E-state index contributed by atoms with van der Waals surface area (Å²) in [5.41, 5.74) is 0.420. The maximum absolute atomic E-state index is 12.7. The Bertz CT molecular complexity index is 824. The van der Waals surface area contributed by atoms with Crippen molar-refractivity contribution in [2.24, 2.45) is 0 Å². The number of furan rings is 1. The molecule has 148 valence electrons. The second kappa shape index (κ2) is 7.97. The molecule has 0 N–H and O–H groups in total. The Labute approximate surface area is 163 Å². The third kappa shape index (κ3) is 3.84. The lowest BCUT2D eigenvalue weighted by Gasteiger charge is -2.35. The van der Waals surface area contributed by atoms with Gasteiger partial charge in [-0.2, -0.15) is 0 Å². The van der Waals surface area contributed by atoms with Crippen LogP contribution < -0.4 is 4.90 Å². The lowest BCUT2D eigenvalue weighted by molar-refractivity contribution is 0.0657. The molecule has 2 aromatic heterocycles. The molecule has 4 heterocycles. The Morgan fingerprint density at radius 2 is 1.61 bits per heavy atom. The van der Waals surface area contributed by atoms with Gasteiger partial charge in [-0.25, -0.2) is 9.97 Å². The molecule has 0 aliphatic carbocycles. The van der Waals surface area contributed by atoms with Gasteiger partial charge in [-0.05, 0) is 19.2 Å². The van der Waals surface area contributed by atoms with Gasteiger partial charge in [0.05, 0.1) is 6.26 Å². The molecule has 0 aromatic carbocycles. The highest BCUT2D eigenvalue weighted by Gasteiger charge is 2.26. The van der Waals surface area contributed by atoms with Gasteiger partial charge in [0.2, 0.25) is 0 Å². The van der Waals surface area contributed by atoms with Gasteiger partial charge < -0.3 is 24.0 Å². The first-order valence-corrected chi connectivity index (χ1v) is 9.49. The van der Waals surface area contributed by atoms with Crippen molar-refractivity contribution in [1.82, 2.24) is 24.7 Å². The summed E-state index contributed by atoms with van der Waals surface area (Å²) in [6, 6.07) is 5.14. The summed E-state index contributed by atoms with van der Waals surface area (Å²) in [5.74, 6) is 0.926. The molecule has 0 saturated carbocycles. The smallest absolute Gasteiger partial charge is 0.289 e. The van der Waals surface area contributed by atoms with E-state index < -0.39 is 0 Å². The van der Waals surface area contributed by atoms with Crippen LogP contribution in [0.1, 0.15) is 21.0 Å². The van der Waals surface area contributed by atoms with Gasteiger partial charge in [0.25, 0.3) is 11.8 Å². The van der Waals surface area contributed by atoms with Gasteiger partial charge in [0, 0.05) is 58.4 Å². The van der Waals surface area contributed by atoms with Crippen molar-refractivity contribution in [3.05, 3.63) is 42.2 Å². The number of rotatable bonds is 3. The molecule has 0 atom stereocenters. The van der Waals surface area contributed by atoms with Crippen molar-refractivity contribution in [2.75, 3.05) is 64.3 Å². The van der Waals surface area contributed by atoms with Crippen LogP contribution >= 0.6 is 0 Å². The monoisotopic (exact) mass is 384 g/mol. The zero-order valence-electron chi connectivity index (χ0n) is 16.0. The molecule has 2 saturated heterocycles. The normalized spacial score (nSPS) is 18.4. The van der Waals surface area contributed by atoms with Crippen LogP contribution in [0.5, 0.6) is 0 Å². The Morgan fingerprint density at radius 1 is 0.929 bits per heavy atom. The van der Waals surface area contributed by atoms with E-state index in [0.717, 1.165) is 18.9 Å². The number of amides is 2. The Morgan fingerprint density at radius 3 is 2.29 bits per heavy atom. The summed E-state index contributed by atoms with van der Waals surface area (Å²) < 4.78 is 5.20. The highest BCUT2D eigenvalue weighted by atomic mass is 16.3. The zero-order chi connectivity index (χ0) is 19.5. The molecule has 4 rings (SSSR count). The fraction of sp³-hybridized carbons (Fsp3) is 0.474. The number of hydrogen-bond acceptors (Lipinski definition) is 7. The maximum atomic E-state index is 12.7. The molecule has 0 spiro atoms. The van der Waals surface area contributed by atoms with Gasteiger partial charge in [-0.1, -0.05) is 0 Å². The van der Waals surface area contributed by atoms with Crippen molar-refractivity contribution in [3.8, 4) is 0 Å². The molecule has 0 radical (unpaired) electrons. The summed E-state index contributed by atoms with van der Waals surface area (Å²) in [5, 5.41) is 0. The molecule has 0 bridgehead atoms. The van der Waals surface area contributed by atoms with Crippen LogP contribution in [0, 0.1) is 0 Å². The Balaban J connectivity index is 1.38. The maximum Gasteiger partial charge on any atom is 0.289 e. The molecule has 2 fully saturated rings. The van der Waals surface area contributed by atoms with Gasteiger partial charge in [0.15, 0.2) is 5.76 Å². The van der Waals surface area contributed by atoms with Crippen LogP contribution in [-0.4, -0.2) is 95.9 Å². The summed E-state index contributed by atoms with van der Waals surface area (Å²) in [6.07, 6.45) is 2.95. The van der Waals surface area contributed by atoms with Gasteiger partial charge in [-0.3, -0.25) is 9.59 Å². The first kappa shape index (κ1) is 18.4. The summed E-state index contributed by atoms with van der Waals surface area (Å²) >= 11 is 0. The van der Waals surface area contributed by atoms with Crippen LogP contribution in [0.25, 0.3) is 0 Å². The van der Waals surface area contributed by atoms with Crippen molar-refractivity contribution < 1.29 is 14.0 Å². The van der Waals surface area contributed by atoms with E-state index >= 15 is 0 Å². The lowest BCUT2D eigenvalue weighted by atomic mass is 10.2. The highest BCUT2D eigenvalue weighted by Crippen LogP contribution is 2.17. The molecule has 9 heteroatoms. The fourth-order valence-corrected chi connectivity index (χ4v) is 3.50. The molecule has 2 amide bonds. The SMILES string of the molecule is CN1CCN(C(=O)c2cc(N3CCN(C(=O)c4ccco4)CC3)ncn2)CC1. The molecular weight excluding hydrogens is 360 g/mol. The topological polar surface area (TPSA) is 86.0 Å². The number of nitrogens with zero attached hydrogens (tertiary/aromatic N) is 6. The fourth-order valence-electron chi connectivity index (χ4n) is 3.50. The number of carbonyl (C=O) groups is 2. The summed E-state index contributed by atoms with van der Waals surface area (Å²) in [6.45, 7) is 5.60. The van der Waals surface area contributed by atoms with Crippen molar-refractivity contribution in [3.63, 3.8) is 0 Å². The highest BCUT2D eigenvalue weighted by molar-refractivity contribution is 5.93. The minimum Gasteiger partial charge on any atom is -0.459 e. The Kier molecular flexibility index (Phi) is 5.25. The number of likely N-dealkylation sites (N-methyl/N-ethyl adjacent to an activating group) is 1. The van der Waals surface area contributed by atoms with Crippen LogP contribution in [-0.2, 0) is 0 Å². The van der Waals surface area contributed by atoms with E-state index in [1.807, 2.05) is 4.90 Å². The predicted octanol–water partition coefficient (Wildman–Crippen LogP) is 0.420. The van der Waals surface area contributed by atoms with Crippen molar-refractivity contribution >= 4 is 17.6 Å². The van der Waals surface area contributed by atoms with Crippen molar-refractivity contribution in [2.45, 2.75) is 0 Å². The third-order valence-corrected chi connectivity index (χ3v) is 5.29. The van der Waals surface area contributed by atoms with Gasteiger partial charge >= 0.3 is 0 Å². The number of hydrogen-bond donors (Lipinski definition) is 0. The molecule has 9 nitrogen and oxygen atoms in total. The van der Waals surface area contributed by atoms with E-state index in [2.05, 4.69) is 26.8 Å². The van der Waals surface area contributed by atoms with Crippen LogP contribution in [0.15, 0.2) is 35.2 Å². The molecule has 2 aromatic rings. The lowest BCUT2D eigenvalue weighted by Crippen LogP contribution is -2.49. The average molecular weight is 384 g/mol. The third-order valence-electron chi connectivity index (χ3n) is 5.29. The summed E-state index contributed by atoms with van der Waals surface area (Å²) in [4.78, 5) is 41.5. The number of anilines is 1. The minimum atomic E-state index is -0.0988. The van der Waals surface area contributed by atoms with Crippen LogP contribution in [0.4, 0.5) is 5.82 Å². The predicted molar refractivity (Wildman–Crippen MR) is 102 cm³/mol. The van der Waals surface area contributed by atoms with E-state index in [1.54, 1.807) is 23.1 Å². The first-order chi connectivity index (χ1) is 13.6. The molecular formula is C19H24N6O3. The van der Waals surface area contributed by atoms with E-state index in [0.29, 0.717) is 50.7 Å². The Hall–Kier alpha value is -2.94. The number of aromatic nitrogens is 2. The molecule has 28 heavy (non-hydrogen) atoms. The molecule has 2 aliphatic rings. The second-order valence-electron chi connectivity index (χ2n) is 7.11. The average Bonchev–Trinajstić information content (AvgIpc) is 3.28. The quantitative estimate of drug-likeness (QED) is 0.758. The largest absolute Gasteiger partial charge is 0.459 e. The van der Waals surface area contributed by atoms with Gasteiger partial charge in [-0.15, -0.1) is 0 Å². The summed E-state index contributed by atoms with van der Waals surface area (Å²) in [7, 11) is 2.06. The van der Waals surface area contributed by atoms with Gasteiger partial charge in [0.1, 0.15) is 17.8 Å². The van der Waals surface area contributed by atoms with Crippen LogP contribution in [0.2, 0.25) is 0 Å². The van der Waals surface area contributed by atoms with E-state index in [4.69, 9.17) is 4.42 Å². The van der Waals surface area contributed by atoms with E-state index in [-0.39, 0.29) is 11.8 Å². The second-order valence-corrected chi connectivity index (χ2v) is 7.11. The van der Waals surface area contributed by atoms with Crippen molar-refractivity contribution in [1.29, 1.82) is 0 Å². The van der Waals surface area contributed by atoms with E-state index in [9.17, 15) is 9.59 Å². The van der Waals surface area contributed by atoms with E-state index in [1.165, 1.54) is 12.6 Å².